The lowest BCUT2D eigenvalue weighted by Crippen LogP contribution is -2.24. The molecule has 0 heteroatoms. The Morgan fingerprint density at radius 1 is 0.815 bits per heavy atom. The molecule has 0 aromatic carbocycles. The molecule has 2 saturated carbocycles. The topological polar surface area (TPSA) is 0 Å². The molecular formula is C27H46. The van der Waals surface area contributed by atoms with Gasteiger partial charge in [0.25, 0.3) is 0 Å². The molecule has 0 radical (unpaired) electrons. The van der Waals surface area contributed by atoms with Gasteiger partial charge in [0.2, 0.25) is 0 Å². The average Bonchev–Trinajstić information content (AvgIpc) is 2.73. The highest BCUT2D eigenvalue weighted by Gasteiger charge is 2.29. The zero-order valence-corrected chi connectivity index (χ0v) is 18.3. The molecule has 0 amide bonds. The van der Waals surface area contributed by atoms with E-state index in [4.69, 9.17) is 0 Å². The van der Waals surface area contributed by atoms with Crippen LogP contribution in [0.2, 0.25) is 0 Å². The van der Waals surface area contributed by atoms with Crippen molar-refractivity contribution in [3.63, 3.8) is 0 Å². The summed E-state index contributed by atoms with van der Waals surface area (Å²) in [5.41, 5.74) is 1.72. The van der Waals surface area contributed by atoms with Crippen molar-refractivity contribution < 1.29 is 0 Å². The van der Waals surface area contributed by atoms with Crippen molar-refractivity contribution in [1.82, 2.24) is 0 Å². The maximum absolute atomic E-state index is 3.87. The first kappa shape index (κ1) is 21.2. The van der Waals surface area contributed by atoms with Crippen LogP contribution < -0.4 is 0 Å². The van der Waals surface area contributed by atoms with E-state index < -0.39 is 0 Å². The molecule has 0 saturated heterocycles. The standard InChI is InChI=1S/C27H46/c1-3-5-7-23-14-18-26(19-15-23)27-20-16-25(17-21-27)13-12-24-10-8-22(6-4-2)9-11-24/h3,14,22,24-27H,1,4-13,15-21H2,2H3. The Morgan fingerprint density at radius 3 is 1.93 bits per heavy atom. The molecule has 27 heavy (non-hydrogen) atoms. The van der Waals surface area contributed by atoms with Crippen molar-refractivity contribution in [1.29, 1.82) is 0 Å². The van der Waals surface area contributed by atoms with Crippen LogP contribution >= 0.6 is 0 Å². The van der Waals surface area contributed by atoms with Gasteiger partial charge in [0.1, 0.15) is 0 Å². The van der Waals surface area contributed by atoms with Crippen molar-refractivity contribution >= 4 is 0 Å². The van der Waals surface area contributed by atoms with E-state index in [9.17, 15) is 0 Å². The molecule has 0 N–H and O–H groups in total. The van der Waals surface area contributed by atoms with E-state index in [2.05, 4.69) is 25.7 Å². The number of rotatable bonds is 9. The maximum Gasteiger partial charge on any atom is -0.0286 e. The van der Waals surface area contributed by atoms with Gasteiger partial charge in [-0.25, -0.2) is 0 Å². The molecule has 0 aromatic heterocycles. The lowest BCUT2D eigenvalue weighted by Gasteiger charge is -2.36. The summed E-state index contributed by atoms with van der Waals surface area (Å²) in [4.78, 5) is 0. The summed E-state index contributed by atoms with van der Waals surface area (Å²) in [6, 6.07) is 0. The fourth-order valence-electron chi connectivity index (χ4n) is 6.49. The van der Waals surface area contributed by atoms with Crippen LogP contribution in [0.1, 0.15) is 116 Å². The van der Waals surface area contributed by atoms with Crippen molar-refractivity contribution in [2.45, 2.75) is 116 Å². The maximum atomic E-state index is 3.87. The fraction of sp³-hybridized carbons (Fsp3) is 0.852. The SMILES string of the molecule is C=CCCC1=CCC(C2CCC(CCC3CCC(CCC)CC3)CC2)CC1. The Kier molecular flexibility index (Phi) is 9.01. The van der Waals surface area contributed by atoms with Gasteiger partial charge in [-0.2, -0.15) is 0 Å². The Bertz CT molecular complexity index is 443. The van der Waals surface area contributed by atoms with Crippen LogP contribution in [0.5, 0.6) is 0 Å². The quantitative estimate of drug-likeness (QED) is 0.355. The predicted molar refractivity (Wildman–Crippen MR) is 120 cm³/mol. The summed E-state index contributed by atoms with van der Waals surface area (Å²) in [7, 11) is 0. The number of hydrogen-bond donors (Lipinski definition) is 0. The van der Waals surface area contributed by atoms with E-state index in [0.717, 1.165) is 29.6 Å². The number of hydrogen-bond acceptors (Lipinski definition) is 0. The molecule has 3 rings (SSSR count). The normalized spacial score (nSPS) is 34.9. The zero-order chi connectivity index (χ0) is 18.9. The molecule has 3 aliphatic rings. The van der Waals surface area contributed by atoms with E-state index >= 15 is 0 Å². The molecule has 0 spiro atoms. The number of allylic oxidation sites excluding steroid dienone is 3. The molecular weight excluding hydrogens is 324 g/mol. The van der Waals surface area contributed by atoms with Crippen LogP contribution in [0.25, 0.3) is 0 Å². The van der Waals surface area contributed by atoms with Crippen molar-refractivity contribution in [3.05, 3.63) is 24.3 Å². The van der Waals surface area contributed by atoms with Gasteiger partial charge in [0, 0.05) is 0 Å². The fourth-order valence-corrected chi connectivity index (χ4v) is 6.49. The summed E-state index contributed by atoms with van der Waals surface area (Å²) < 4.78 is 0. The van der Waals surface area contributed by atoms with E-state index in [-0.39, 0.29) is 0 Å². The Balaban J connectivity index is 1.29. The summed E-state index contributed by atoms with van der Waals surface area (Å²) in [6.07, 6.45) is 29.6. The summed E-state index contributed by atoms with van der Waals surface area (Å²) in [5, 5.41) is 0. The van der Waals surface area contributed by atoms with Crippen LogP contribution in [-0.2, 0) is 0 Å². The minimum Gasteiger partial charge on any atom is -0.103 e. The first-order valence-electron chi connectivity index (χ1n) is 12.6. The van der Waals surface area contributed by atoms with Gasteiger partial charge in [-0.15, -0.1) is 6.58 Å². The third-order valence-electron chi connectivity index (χ3n) is 8.42. The molecule has 0 bridgehead atoms. The Labute approximate surface area is 170 Å². The second-order valence-electron chi connectivity index (χ2n) is 10.3. The summed E-state index contributed by atoms with van der Waals surface area (Å²) >= 11 is 0. The van der Waals surface area contributed by atoms with Gasteiger partial charge in [-0.05, 0) is 74.5 Å². The van der Waals surface area contributed by atoms with Gasteiger partial charge in [-0.3, -0.25) is 0 Å². The van der Waals surface area contributed by atoms with Gasteiger partial charge >= 0.3 is 0 Å². The molecule has 0 heterocycles. The Hall–Kier alpha value is -0.520. The van der Waals surface area contributed by atoms with Crippen LogP contribution in [-0.4, -0.2) is 0 Å². The smallest absolute Gasteiger partial charge is 0.0286 e. The molecule has 154 valence electrons. The molecule has 0 nitrogen and oxygen atoms in total. The first-order valence-corrected chi connectivity index (χ1v) is 12.6. The van der Waals surface area contributed by atoms with E-state index in [0.29, 0.717) is 0 Å². The minimum atomic E-state index is 1.01. The summed E-state index contributed by atoms with van der Waals surface area (Å²) in [5.74, 6) is 5.27. The Morgan fingerprint density at radius 2 is 1.41 bits per heavy atom. The van der Waals surface area contributed by atoms with Crippen molar-refractivity contribution in [3.8, 4) is 0 Å². The largest absolute Gasteiger partial charge is 0.103 e. The van der Waals surface area contributed by atoms with Crippen molar-refractivity contribution in [2.75, 3.05) is 0 Å². The monoisotopic (exact) mass is 370 g/mol. The van der Waals surface area contributed by atoms with Gasteiger partial charge < -0.3 is 0 Å². The molecule has 0 aromatic rings. The first-order chi connectivity index (χ1) is 13.3. The molecule has 3 aliphatic carbocycles. The zero-order valence-electron chi connectivity index (χ0n) is 18.3. The summed E-state index contributed by atoms with van der Waals surface area (Å²) in [6.45, 7) is 6.22. The highest BCUT2D eigenvalue weighted by molar-refractivity contribution is 5.08. The van der Waals surface area contributed by atoms with Gasteiger partial charge in [0.15, 0.2) is 0 Å². The lowest BCUT2D eigenvalue weighted by atomic mass is 9.69. The van der Waals surface area contributed by atoms with Gasteiger partial charge in [0.05, 0.1) is 0 Å². The lowest BCUT2D eigenvalue weighted by molar-refractivity contribution is 0.173. The highest BCUT2D eigenvalue weighted by Crippen LogP contribution is 2.42. The second kappa shape index (κ2) is 11.5. The van der Waals surface area contributed by atoms with E-state index in [1.807, 2.05) is 0 Å². The minimum absolute atomic E-state index is 1.01. The average molecular weight is 371 g/mol. The molecule has 0 aliphatic heterocycles. The second-order valence-corrected chi connectivity index (χ2v) is 10.3. The van der Waals surface area contributed by atoms with Crippen LogP contribution in [0.4, 0.5) is 0 Å². The molecule has 1 atom stereocenters. The van der Waals surface area contributed by atoms with Crippen LogP contribution in [0.15, 0.2) is 24.3 Å². The highest BCUT2D eigenvalue weighted by atomic mass is 14.3. The predicted octanol–water partition coefficient (Wildman–Crippen LogP) is 8.87. The third-order valence-corrected chi connectivity index (χ3v) is 8.42. The molecule has 1 unspecified atom stereocenters. The van der Waals surface area contributed by atoms with Crippen LogP contribution in [0.3, 0.4) is 0 Å². The third kappa shape index (κ3) is 6.79. The van der Waals surface area contributed by atoms with E-state index in [1.165, 1.54) is 70.6 Å². The van der Waals surface area contributed by atoms with Gasteiger partial charge in [-0.1, -0.05) is 88.9 Å². The van der Waals surface area contributed by atoms with Crippen LogP contribution in [0, 0.1) is 29.6 Å². The van der Waals surface area contributed by atoms with Crippen molar-refractivity contribution in [2.24, 2.45) is 29.6 Å². The van der Waals surface area contributed by atoms with E-state index in [1.54, 1.807) is 44.1 Å². The molecule has 2 fully saturated rings.